The standard InChI is InChI=1S/C16H25NO/c1-12-8-4-6-10-15(12)17(3)16-11-7-5-9-14(16)13(2)18/h5,7,9,11-13,15,18H,4,6,8,10H2,1-3H3/t12?,13-,15?/m0/s1. The minimum absolute atomic E-state index is 0.400. The molecule has 0 aliphatic heterocycles. The van der Waals surface area contributed by atoms with Gasteiger partial charge in [0, 0.05) is 24.3 Å². The molecule has 1 aliphatic rings. The van der Waals surface area contributed by atoms with E-state index in [-0.39, 0.29) is 0 Å². The zero-order valence-electron chi connectivity index (χ0n) is 11.8. The van der Waals surface area contributed by atoms with Crippen molar-refractivity contribution in [3.8, 4) is 0 Å². The quantitative estimate of drug-likeness (QED) is 0.879. The van der Waals surface area contributed by atoms with Gasteiger partial charge in [-0.05, 0) is 31.7 Å². The van der Waals surface area contributed by atoms with Crippen LogP contribution in [0.2, 0.25) is 0 Å². The molecule has 1 aromatic carbocycles. The molecule has 0 aromatic heterocycles. The lowest BCUT2D eigenvalue weighted by molar-refractivity contribution is 0.199. The van der Waals surface area contributed by atoms with E-state index in [9.17, 15) is 5.11 Å². The van der Waals surface area contributed by atoms with Crippen molar-refractivity contribution in [3.05, 3.63) is 29.8 Å². The highest BCUT2D eigenvalue weighted by Crippen LogP contribution is 2.33. The number of anilines is 1. The predicted molar refractivity (Wildman–Crippen MR) is 76.9 cm³/mol. The van der Waals surface area contributed by atoms with Crippen LogP contribution in [-0.4, -0.2) is 18.2 Å². The molecular formula is C16H25NO. The second kappa shape index (κ2) is 5.75. The molecule has 0 heterocycles. The maximum absolute atomic E-state index is 9.89. The SMILES string of the molecule is CC1CCCCC1N(C)c1ccccc1[C@H](C)O. The van der Waals surface area contributed by atoms with E-state index in [1.165, 1.54) is 31.4 Å². The first kappa shape index (κ1) is 13.4. The molecule has 100 valence electrons. The van der Waals surface area contributed by atoms with Gasteiger partial charge in [0.25, 0.3) is 0 Å². The van der Waals surface area contributed by atoms with Crippen molar-refractivity contribution in [2.45, 2.75) is 51.7 Å². The number of rotatable bonds is 3. The zero-order chi connectivity index (χ0) is 13.1. The molecular weight excluding hydrogens is 222 g/mol. The third kappa shape index (κ3) is 2.69. The van der Waals surface area contributed by atoms with Gasteiger partial charge in [0.05, 0.1) is 6.10 Å². The molecule has 1 fully saturated rings. The van der Waals surface area contributed by atoms with Crippen molar-refractivity contribution in [2.24, 2.45) is 5.92 Å². The summed E-state index contributed by atoms with van der Waals surface area (Å²) in [6.45, 7) is 4.20. The number of aliphatic hydroxyl groups excluding tert-OH is 1. The molecule has 1 aromatic rings. The van der Waals surface area contributed by atoms with Gasteiger partial charge in [-0.15, -0.1) is 0 Å². The summed E-state index contributed by atoms with van der Waals surface area (Å²) in [6, 6.07) is 8.83. The number of hydrogen-bond acceptors (Lipinski definition) is 2. The lowest BCUT2D eigenvalue weighted by Gasteiger charge is -2.38. The minimum Gasteiger partial charge on any atom is -0.389 e. The van der Waals surface area contributed by atoms with Crippen molar-refractivity contribution >= 4 is 5.69 Å². The van der Waals surface area contributed by atoms with E-state index >= 15 is 0 Å². The Labute approximate surface area is 111 Å². The highest BCUT2D eigenvalue weighted by molar-refractivity contribution is 5.54. The lowest BCUT2D eigenvalue weighted by Crippen LogP contribution is -2.39. The Balaban J connectivity index is 2.24. The summed E-state index contributed by atoms with van der Waals surface area (Å²) in [7, 11) is 2.17. The smallest absolute Gasteiger partial charge is 0.0781 e. The van der Waals surface area contributed by atoms with Gasteiger partial charge in [0.2, 0.25) is 0 Å². The van der Waals surface area contributed by atoms with Crippen molar-refractivity contribution in [3.63, 3.8) is 0 Å². The average molecular weight is 247 g/mol. The van der Waals surface area contributed by atoms with E-state index in [0.29, 0.717) is 6.04 Å². The topological polar surface area (TPSA) is 23.5 Å². The van der Waals surface area contributed by atoms with Crippen LogP contribution >= 0.6 is 0 Å². The fraction of sp³-hybridized carbons (Fsp3) is 0.625. The third-order valence-electron chi connectivity index (χ3n) is 4.33. The molecule has 0 spiro atoms. The Morgan fingerprint density at radius 2 is 1.89 bits per heavy atom. The summed E-state index contributed by atoms with van der Waals surface area (Å²) >= 11 is 0. The van der Waals surface area contributed by atoms with Gasteiger partial charge in [0.15, 0.2) is 0 Å². The van der Waals surface area contributed by atoms with Gasteiger partial charge >= 0.3 is 0 Å². The maximum Gasteiger partial charge on any atom is 0.0781 e. The first-order chi connectivity index (χ1) is 8.61. The molecule has 0 radical (unpaired) electrons. The van der Waals surface area contributed by atoms with Crippen LogP contribution < -0.4 is 4.90 Å². The van der Waals surface area contributed by atoms with Gasteiger partial charge in [-0.2, -0.15) is 0 Å². The largest absolute Gasteiger partial charge is 0.389 e. The summed E-state index contributed by atoms with van der Waals surface area (Å²) in [4.78, 5) is 2.38. The molecule has 2 nitrogen and oxygen atoms in total. The molecule has 1 saturated carbocycles. The van der Waals surface area contributed by atoms with E-state index in [1.54, 1.807) is 0 Å². The van der Waals surface area contributed by atoms with Crippen LogP contribution in [0.5, 0.6) is 0 Å². The molecule has 18 heavy (non-hydrogen) atoms. The Hall–Kier alpha value is -1.02. The van der Waals surface area contributed by atoms with E-state index in [0.717, 1.165) is 11.5 Å². The van der Waals surface area contributed by atoms with Crippen LogP contribution in [0.1, 0.15) is 51.2 Å². The molecule has 1 N–H and O–H groups in total. The van der Waals surface area contributed by atoms with Crippen molar-refractivity contribution in [2.75, 3.05) is 11.9 Å². The number of para-hydroxylation sites is 1. The number of aliphatic hydroxyl groups is 1. The van der Waals surface area contributed by atoms with Crippen molar-refractivity contribution < 1.29 is 5.11 Å². The Bertz CT molecular complexity index is 388. The van der Waals surface area contributed by atoms with Crippen LogP contribution in [0.3, 0.4) is 0 Å². The second-order valence-corrected chi connectivity index (χ2v) is 5.67. The minimum atomic E-state index is -0.400. The fourth-order valence-electron chi connectivity index (χ4n) is 3.21. The Morgan fingerprint density at radius 3 is 2.56 bits per heavy atom. The van der Waals surface area contributed by atoms with Gasteiger partial charge in [-0.3, -0.25) is 0 Å². The monoisotopic (exact) mass is 247 g/mol. The van der Waals surface area contributed by atoms with E-state index in [1.807, 2.05) is 19.1 Å². The molecule has 3 atom stereocenters. The van der Waals surface area contributed by atoms with Gasteiger partial charge < -0.3 is 10.0 Å². The molecule has 2 unspecified atom stereocenters. The predicted octanol–water partition coefficient (Wildman–Crippen LogP) is 3.75. The lowest BCUT2D eigenvalue weighted by atomic mass is 9.84. The Morgan fingerprint density at radius 1 is 1.22 bits per heavy atom. The zero-order valence-corrected chi connectivity index (χ0v) is 11.8. The summed E-state index contributed by atoms with van der Waals surface area (Å²) in [6.07, 6.45) is 4.89. The number of hydrogen-bond donors (Lipinski definition) is 1. The first-order valence-electron chi connectivity index (χ1n) is 7.11. The van der Waals surface area contributed by atoms with Crippen LogP contribution in [0.15, 0.2) is 24.3 Å². The van der Waals surface area contributed by atoms with E-state index in [4.69, 9.17) is 0 Å². The average Bonchev–Trinajstić information content (AvgIpc) is 2.38. The summed E-state index contributed by atoms with van der Waals surface area (Å²) in [5.41, 5.74) is 2.23. The molecule has 0 amide bonds. The number of benzene rings is 1. The van der Waals surface area contributed by atoms with Crippen LogP contribution in [0.25, 0.3) is 0 Å². The van der Waals surface area contributed by atoms with Gasteiger partial charge in [0.1, 0.15) is 0 Å². The maximum atomic E-state index is 9.89. The molecule has 2 rings (SSSR count). The molecule has 0 bridgehead atoms. The van der Waals surface area contributed by atoms with Crippen molar-refractivity contribution in [1.29, 1.82) is 0 Å². The summed E-state index contributed by atoms with van der Waals surface area (Å²) in [5, 5.41) is 9.89. The Kier molecular flexibility index (Phi) is 4.28. The summed E-state index contributed by atoms with van der Waals surface area (Å²) in [5.74, 6) is 0.741. The second-order valence-electron chi connectivity index (χ2n) is 5.67. The van der Waals surface area contributed by atoms with Crippen LogP contribution in [0, 0.1) is 5.92 Å². The van der Waals surface area contributed by atoms with E-state index < -0.39 is 6.10 Å². The summed E-state index contributed by atoms with van der Waals surface area (Å²) < 4.78 is 0. The van der Waals surface area contributed by atoms with E-state index in [2.05, 4.69) is 31.0 Å². The first-order valence-corrected chi connectivity index (χ1v) is 7.11. The molecule has 0 saturated heterocycles. The molecule has 1 aliphatic carbocycles. The number of nitrogens with zero attached hydrogens (tertiary/aromatic N) is 1. The van der Waals surface area contributed by atoms with Gasteiger partial charge in [-0.25, -0.2) is 0 Å². The highest BCUT2D eigenvalue weighted by atomic mass is 16.3. The van der Waals surface area contributed by atoms with Crippen molar-refractivity contribution in [1.82, 2.24) is 0 Å². The normalized spacial score (nSPS) is 25.8. The van der Waals surface area contributed by atoms with Crippen LogP contribution in [0.4, 0.5) is 5.69 Å². The van der Waals surface area contributed by atoms with Crippen LogP contribution in [-0.2, 0) is 0 Å². The molecule has 2 heteroatoms. The fourth-order valence-corrected chi connectivity index (χ4v) is 3.21. The highest BCUT2D eigenvalue weighted by Gasteiger charge is 2.26. The third-order valence-corrected chi connectivity index (χ3v) is 4.33. The van der Waals surface area contributed by atoms with Gasteiger partial charge in [-0.1, -0.05) is 38.0 Å².